The molecule has 0 saturated carbocycles. The van der Waals surface area contributed by atoms with Gasteiger partial charge >= 0.3 is 0 Å². The van der Waals surface area contributed by atoms with E-state index in [9.17, 15) is 4.79 Å². The number of carbonyl (C=O) groups excluding carboxylic acids is 1. The molecule has 2 aliphatic heterocycles. The van der Waals surface area contributed by atoms with E-state index in [1.807, 2.05) is 30.3 Å². The van der Waals surface area contributed by atoms with E-state index < -0.39 is 11.9 Å². The number of fused-ring (bicyclic) bond motifs is 2. The van der Waals surface area contributed by atoms with Gasteiger partial charge in [0, 0.05) is 5.56 Å². The molecule has 4 rings (SSSR count). The summed E-state index contributed by atoms with van der Waals surface area (Å²) < 4.78 is 11.4. The van der Waals surface area contributed by atoms with Crippen LogP contribution < -0.4 is 4.74 Å². The van der Waals surface area contributed by atoms with E-state index in [2.05, 4.69) is 12.1 Å². The highest BCUT2D eigenvalue weighted by Crippen LogP contribution is 2.53. The molecule has 2 aromatic carbocycles. The summed E-state index contributed by atoms with van der Waals surface area (Å²) in [4.78, 5) is 12.2. The fraction of sp³-hybridized carbons (Fsp3) is 0.133. The quantitative estimate of drug-likeness (QED) is 0.712. The molecule has 3 heteroatoms. The molecule has 3 nitrogen and oxygen atoms in total. The maximum atomic E-state index is 12.2. The van der Waals surface area contributed by atoms with Gasteiger partial charge in [0.25, 0.3) is 5.79 Å². The molecule has 2 aromatic rings. The lowest BCUT2D eigenvalue weighted by atomic mass is 9.96. The summed E-state index contributed by atoms with van der Waals surface area (Å²) in [5, 5.41) is 0. The van der Waals surface area contributed by atoms with Crippen molar-refractivity contribution in [2.45, 2.75) is 11.9 Å². The molecule has 0 N–H and O–H groups in total. The van der Waals surface area contributed by atoms with E-state index >= 15 is 0 Å². The zero-order valence-electron chi connectivity index (χ0n) is 9.34. The number of benzene rings is 2. The maximum absolute atomic E-state index is 12.2. The molecular weight excluding hydrogens is 228 g/mol. The first-order valence-corrected chi connectivity index (χ1v) is 5.69. The van der Waals surface area contributed by atoms with Gasteiger partial charge in [-0.2, -0.15) is 0 Å². The van der Waals surface area contributed by atoms with Crippen molar-refractivity contribution < 1.29 is 14.3 Å². The van der Waals surface area contributed by atoms with Crippen molar-refractivity contribution in [3.05, 3.63) is 65.7 Å². The van der Waals surface area contributed by atoms with Crippen LogP contribution >= 0.6 is 0 Å². The van der Waals surface area contributed by atoms with Crippen molar-refractivity contribution in [2.24, 2.45) is 0 Å². The molecule has 2 heterocycles. The molecule has 2 unspecified atom stereocenters. The number of epoxide rings is 1. The molecule has 2 aliphatic rings. The van der Waals surface area contributed by atoms with Crippen LogP contribution in [0.15, 0.2) is 42.5 Å². The number of rotatable bonds is 1. The first-order valence-electron chi connectivity index (χ1n) is 5.69. The Balaban J connectivity index is 1.84. The standard InChI is InChI=1S/C15H8O3/c16-13-11-8-4-5-9-12(11)17-15(14(13)18-15)10-6-2-1-3-7-10/h1-4,6-7,9,14H. The highest BCUT2D eigenvalue weighted by atomic mass is 16.8. The normalized spacial score (nSPS) is 28.0. The second-order valence-electron chi connectivity index (χ2n) is 4.34. The summed E-state index contributed by atoms with van der Waals surface area (Å²) in [7, 11) is 0. The van der Waals surface area contributed by atoms with E-state index in [0.29, 0.717) is 11.3 Å². The van der Waals surface area contributed by atoms with Crippen LogP contribution in [0.2, 0.25) is 0 Å². The molecule has 0 bridgehead atoms. The third-order valence-electron chi connectivity index (χ3n) is 3.26. The summed E-state index contributed by atoms with van der Waals surface area (Å²) >= 11 is 0. The van der Waals surface area contributed by atoms with Gasteiger partial charge in [-0.25, -0.2) is 0 Å². The summed E-state index contributed by atoms with van der Waals surface area (Å²) in [5.74, 6) is -0.525. The predicted molar refractivity (Wildman–Crippen MR) is 62.1 cm³/mol. The van der Waals surface area contributed by atoms with Crippen LogP contribution in [-0.2, 0) is 10.5 Å². The van der Waals surface area contributed by atoms with Crippen LogP contribution in [0.25, 0.3) is 0 Å². The van der Waals surface area contributed by atoms with E-state index in [1.165, 1.54) is 0 Å². The van der Waals surface area contributed by atoms with Crippen LogP contribution in [0.4, 0.5) is 0 Å². The van der Waals surface area contributed by atoms with E-state index in [4.69, 9.17) is 9.47 Å². The third-order valence-corrected chi connectivity index (χ3v) is 3.26. The smallest absolute Gasteiger partial charge is 0.272 e. The molecule has 0 spiro atoms. The number of ketones is 1. The van der Waals surface area contributed by atoms with Crippen molar-refractivity contribution in [3.8, 4) is 5.75 Å². The van der Waals surface area contributed by atoms with Crippen LogP contribution in [0, 0.1) is 12.1 Å². The van der Waals surface area contributed by atoms with Crippen LogP contribution in [0.1, 0.15) is 15.9 Å². The van der Waals surface area contributed by atoms with Gasteiger partial charge in [-0.1, -0.05) is 30.3 Å². The van der Waals surface area contributed by atoms with Gasteiger partial charge in [-0.3, -0.25) is 4.79 Å². The van der Waals surface area contributed by atoms with Gasteiger partial charge in [-0.05, 0) is 24.3 Å². The Morgan fingerprint density at radius 1 is 1.22 bits per heavy atom. The molecule has 0 aromatic heterocycles. The first-order chi connectivity index (χ1) is 8.81. The second-order valence-corrected chi connectivity index (χ2v) is 4.34. The van der Waals surface area contributed by atoms with Gasteiger partial charge in [0.05, 0.1) is 5.56 Å². The van der Waals surface area contributed by atoms with Gasteiger partial charge in [0.2, 0.25) is 5.78 Å². The lowest BCUT2D eigenvalue weighted by molar-refractivity contribution is 0.0570. The number of carbonyl (C=O) groups is 1. The highest BCUT2D eigenvalue weighted by Gasteiger charge is 2.67. The average molecular weight is 236 g/mol. The maximum Gasteiger partial charge on any atom is 0.272 e. The molecule has 0 amide bonds. The van der Waals surface area contributed by atoms with Crippen molar-refractivity contribution in [1.29, 1.82) is 0 Å². The first kappa shape index (κ1) is 9.85. The monoisotopic (exact) mass is 236 g/mol. The van der Waals surface area contributed by atoms with Gasteiger partial charge in [0.1, 0.15) is 5.75 Å². The molecule has 18 heavy (non-hydrogen) atoms. The molecule has 2 radical (unpaired) electrons. The Hall–Kier alpha value is -2.13. The minimum atomic E-state index is -0.936. The predicted octanol–water partition coefficient (Wildman–Crippen LogP) is 2.11. The van der Waals surface area contributed by atoms with Gasteiger partial charge < -0.3 is 9.47 Å². The van der Waals surface area contributed by atoms with E-state index in [1.54, 1.807) is 12.1 Å². The lowest BCUT2D eigenvalue weighted by Crippen LogP contribution is -2.30. The number of Topliss-reactive ketones (excluding diaryl/α,β-unsaturated/α-hetero) is 1. The largest absolute Gasteiger partial charge is 0.454 e. The Labute approximate surface area is 104 Å². The van der Waals surface area contributed by atoms with Crippen molar-refractivity contribution >= 4 is 5.78 Å². The van der Waals surface area contributed by atoms with Crippen molar-refractivity contribution in [1.82, 2.24) is 0 Å². The Morgan fingerprint density at radius 3 is 2.89 bits per heavy atom. The molecule has 2 atom stereocenters. The van der Waals surface area contributed by atoms with Gasteiger partial charge in [-0.15, -0.1) is 0 Å². The fourth-order valence-corrected chi connectivity index (χ4v) is 2.34. The zero-order chi connectivity index (χ0) is 12.2. The highest BCUT2D eigenvalue weighted by molar-refractivity contribution is 6.05. The van der Waals surface area contributed by atoms with Crippen LogP contribution in [0.3, 0.4) is 0 Å². The third kappa shape index (κ3) is 1.14. The number of ether oxygens (including phenoxy) is 2. The van der Waals surface area contributed by atoms with Gasteiger partial charge in [0.15, 0.2) is 6.10 Å². The lowest BCUT2D eigenvalue weighted by Gasteiger charge is -2.21. The van der Waals surface area contributed by atoms with Crippen LogP contribution in [-0.4, -0.2) is 11.9 Å². The van der Waals surface area contributed by atoms with Crippen molar-refractivity contribution in [2.75, 3.05) is 0 Å². The summed E-state index contributed by atoms with van der Waals surface area (Å²) in [6, 6.07) is 18.4. The van der Waals surface area contributed by atoms with E-state index in [0.717, 1.165) is 5.56 Å². The Bertz CT molecular complexity index is 635. The molecule has 1 saturated heterocycles. The molecule has 1 fully saturated rings. The summed E-state index contributed by atoms with van der Waals surface area (Å²) in [6.45, 7) is 0. The Morgan fingerprint density at radius 2 is 2.06 bits per heavy atom. The van der Waals surface area contributed by atoms with Crippen molar-refractivity contribution in [3.63, 3.8) is 0 Å². The molecule has 86 valence electrons. The zero-order valence-corrected chi connectivity index (χ0v) is 9.34. The summed E-state index contributed by atoms with van der Waals surface area (Å²) in [6.07, 6.45) is -0.550. The second kappa shape index (κ2) is 3.21. The minimum Gasteiger partial charge on any atom is -0.454 e. The topological polar surface area (TPSA) is 38.8 Å². The Kier molecular flexibility index (Phi) is 1.76. The molecular formula is C15H8O3. The van der Waals surface area contributed by atoms with E-state index in [-0.39, 0.29) is 5.78 Å². The molecule has 0 aliphatic carbocycles. The summed E-state index contributed by atoms with van der Waals surface area (Å²) in [5.41, 5.74) is 1.31. The average Bonchev–Trinajstić information content (AvgIpc) is 3.16. The van der Waals surface area contributed by atoms with Crippen LogP contribution in [0.5, 0.6) is 5.75 Å². The number of hydrogen-bond donors (Lipinski definition) is 0. The minimum absolute atomic E-state index is 0.0749. The fourth-order valence-electron chi connectivity index (χ4n) is 2.34. The number of hydrogen-bond acceptors (Lipinski definition) is 3. The SMILES string of the molecule is O=C1c2[c]c[c]cc2OC2(c3ccccc3)OC12.